The summed E-state index contributed by atoms with van der Waals surface area (Å²) in [5, 5.41) is 5.48. The molecule has 31 heavy (non-hydrogen) atoms. The first-order chi connectivity index (χ1) is 14.7. The van der Waals surface area contributed by atoms with Gasteiger partial charge in [0.25, 0.3) is 5.91 Å². The largest absolute Gasteiger partial charge is 0.493 e. The molecule has 1 saturated heterocycles. The fraction of sp³-hybridized carbons (Fsp3) is 0.545. The summed E-state index contributed by atoms with van der Waals surface area (Å²) < 4.78 is 10.9. The van der Waals surface area contributed by atoms with Crippen molar-refractivity contribution in [1.29, 1.82) is 0 Å². The van der Waals surface area contributed by atoms with E-state index in [-0.39, 0.29) is 30.0 Å². The summed E-state index contributed by atoms with van der Waals surface area (Å²) in [5.74, 6) is -0.0684. The number of carbonyl (C=O) groups excluding carboxylic acids is 3. The molecule has 0 aromatic heterocycles. The molecule has 170 valence electrons. The van der Waals surface area contributed by atoms with E-state index in [2.05, 4.69) is 10.6 Å². The van der Waals surface area contributed by atoms with Crippen LogP contribution in [0, 0.1) is 11.8 Å². The van der Waals surface area contributed by atoms with Gasteiger partial charge in [0.2, 0.25) is 5.91 Å². The van der Waals surface area contributed by atoms with Gasteiger partial charge in [-0.25, -0.2) is 0 Å². The summed E-state index contributed by atoms with van der Waals surface area (Å²) in [6.45, 7) is 9.51. The number of rotatable bonds is 8. The SMILES string of the molecule is CC(C)COC(=O)CC1C(=O)NCCN1C(=S)NC(=O)c1cccc(OCC(C)C)c1. The molecule has 1 fully saturated rings. The number of thiocarbonyl (C=S) groups is 1. The third-order valence-electron chi connectivity index (χ3n) is 4.43. The number of piperazine rings is 1. The topological polar surface area (TPSA) is 97.0 Å². The maximum absolute atomic E-state index is 12.7. The minimum absolute atomic E-state index is 0.0926. The van der Waals surface area contributed by atoms with Gasteiger partial charge in [-0.05, 0) is 42.3 Å². The van der Waals surface area contributed by atoms with E-state index in [1.807, 2.05) is 27.7 Å². The molecule has 0 spiro atoms. The predicted molar refractivity (Wildman–Crippen MR) is 121 cm³/mol. The lowest BCUT2D eigenvalue weighted by Crippen LogP contribution is -2.60. The molecule has 8 nitrogen and oxygen atoms in total. The molecule has 1 aliphatic heterocycles. The molecular formula is C22H31N3O5S. The van der Waals surface area contributed by atoms with Crippen molar-refractivity contribution < 1.29 is 23.9 Å². The normalized spacial score (nSPS) is 16.1. The highest BCUT2D eigenvalue weighted by Gasteiger charge is 2.34. The number of amides is 2. The van der Waals surface area contributed by atoms with E-state index in [9.17, 15) is 14.4 Å². The lowest BCUT2D eigenvalue weighted by atomic mass is 10.1. The summed E-state index contributed by atoms with van der Waals surface area (Å²) >= 11 is 5.39. The van der Waals surface area contributed by atoms with Crippen molar-refractivity contribution in [3.63, 3.8) is 0 Å². The molecule has 0 radical (unpaired) electrons. The van der Waals surface area contributed by atoms with Crippen LogP contribution in [0.5, 0.6) is 5.75 Å². The van der Waals surface area contributed by atoms with Gasteiger partial charge in [0.15, 0.2) is 5.11 Å². The molecule has 2 rings (SSSR count). The first-order valence-electron chi connectivity index (χ1n) is 10.5. The Morgan fingerprint density at radius 3 is 2.61 bits per heavy atom. The molecule has 1 heterocycles. The zero-order chi connectivity index (χ0) is 23.0. The summed E-state index contributed by atoms with van der Waals surface area (Å²) in [7, 11) is 0. The Hall–Kier alpha value is -2.68. The minimum atomic E-state index is -0.832. The highest BCUT2D eigenvalue weighted by atomic mass is 32.1. The van der Waals surface area contributed by atoms with Gasteiger partial charge in [-0.2, -0.15) is 0 Å². The highest BCUT2D eigenvalue weighted by molar-refractivity contribution is 7.80. The third-order valence-corrected chi connectivity index (χ3v) is 4.77. The molecule has 1 aromatic carbocycles. The van der Waals surface area contributed by atoms with Crippen molar-refractivity contribution in [3.8, 4) is 5.75 Å². The minimum Gasteiger partial charge on any atom is -0.493 e. The van der Waals surface area contributed by atoms with Crippen molar-refractivity contribution in [2.45, 2.75) is 40.2 Å². The van der Waals surface area contributed by atoms with Gasteiger partial charge in [0.1, 0.15) is 11.8 Å². The molecule has 0 saturated carbocycles. The van der Waals surface area contributed by atoms with Gasteiger partial charge < -0.3 is 19.7 Å². The number of carbonyl (C=O) groups is 3. The fourth-order valence-electron chi connectivity index (χ4n) is 2.87. The second-order valence-corrected chi connectivity index (χ2v) is 8.66. The van der Waals surface area contributed by atoms with Crippen LogP contribution in [0.3, 0.4) is 0 Å². The van der Waals surface area contributed by atoms with Crippen LogP contribution >= 0.6 is 12.2 Å². The van der Waals surface area contributed by atoms with E-state index in [4.69, 9.17) is 21.7 Å². The summed E-state index contributed by atoms with van der Waals surface area (Å²) in [6, 6.07) is 5.98. The standard InChI is InChI=1S/C22H31N3O5S/c1-14(2)12-29-17-7-5-6-16(10-17)20(27)24-22(31)25-9-8-23-21(28)18(25)11-19(26)30-13-15(3)4/h5-7,10,14-15,18H,8-9,11-13H2,1-4H3,(H,23,28)(H,24,27,31). The van der Waals surface area contributed by atoms with E-state index in [0.717, 1.165) is 0 Å². The molecule has 1 aliphatic rings. The molecule has 0 aliphatic carbocycles. The maximum Gasteiger partial charge on any atom is 0.308 e. The van der Waals surface area contributed by atoms with Gasteiger partial charge in [-0.3, -0.25) is 19.7 Å². The Morgan fingerprint density at radius 2 is 1.94 bits per heavy atom. The molecule has 1 unspecified atom stereocenters. The van der Waals surface area contributed by atoms with Gasteiger partial charge in [-0.15, -0.1) is 0 Å². The number of ether oxygens (including phenoxy) is 2. The Bertz CT molecular complexity index is 812. The molecule has 0 bridgehead atoms. The molecule has 9 heteroatoms. The smallest absolute Gasteiger partial charge is 0.308 e. The number of nitrogens with zero attached hydrogens (tertiary/aromatic N) is 1. The van der Waals surface area contributed by atoms with E-state index < -0.39 is 17.9 Å². The Balaban J connectivity index is 2.02. The summed E-state index contributed by atoms with van der Waals surface area (Å²) in [4.78, 5) is 38.8. The lowest BCUT2D eigenvalue weighted by Gasteiger charge is -2.36. The lowest BCUT2D eigenvalue weighted by molar-refractivity contribution is -0.148. The number of nitrogens with one attached hydrogen (secondary N) is 2. The van der Waals surface area contributed by atoms with Crippen molar-refractivity contribution in [3.05, 3.63) is 29.8 Å². The zero-order valence-corrected chi connectivity index (χ0v) is 19.3. The van der Waals surface area contributed by atoms with Gasteiger partial charge >= 0.3 is 5.97 Å². The van der Waals surface area contributed by atoms with Crippen LogP contribution in [-0.4, -0.2) is 60.1 Å². The number of hydrogen-bond acceptors (Lipinski definition) is 6. The van der Waals surface area contributed by atoms with Crippen LogP contribution < -0.4 is 15.4 Å². The van der Waals surface area contributed by atoms with Crippen molar-refractivity contribution in [1.82, 2.24) is 15.5 Å². The average molecular weight is 450 g/mol. The highest BCUT2D eigenvalue weighted by Crippen LogP contribution is 2.15. The first kappa shape index (κ1) is 24.6. The van der Waals surface area contributed by atoms with Crippen molar-refractivity contribution >= 4 is 35.1 Å². The van der Waals surface area contributed by atoms with Crippen LogP contribution in [0.2, 0.25) is 0 Å². The third kappa shape index (κ3) is 7.82. The number of hydrogen-bond donors (Lipinski definition) is 2. The van der Waals surface area contributed by atoms with Crippen molar-refractivity contribution in [2.24, 2.45) is 11.8 Å². The first-order valence-corrected chi connectivity index (χ1v) is 10.9. The van der Waals surface area contributed by atoms with Crippen LogP contribution in [0.4, 0.5) is 0 Å². The van der Waals surface area contributed by atoms with E-state index >= 15 is 0 Å². The molecule has 2 N–H and O–H groups in total. The van der Waals surface area contributed by atoms with Crippen LogP contribution in [-0.2, 0) is 14.3 Å². The summed E-state index contributed by atoms with van der Waals surface area (Å²) in [5.41, 5.74) is 0.387. The Labute approximate surface area is 188 Å². The van der Waals surface area contributed by atoms with Gasteiger partial charge in [0.05, 0.1) is 19.6 Å². The Morgan fingerprint density at radius 1 is 1.23 bits per heavy atom. The quantitative estimate of drug-likeness (QED) is 0.464. The zero-order valence-electron chi connectivity index (χ0n) is 18.5. The van der Waals surface area contributed by atoms with E-state index in [0.29, 0.717) is 36.9 Å². The molecular weight excluding hydrogens is 418 g/mol. The second kappa shape index (κ2) is 11.6. The van der Waals surface area contributed by atoms with Crippen LogP contribution in [0.15, 0.2) is 24.3 Å². The average Bonchev–Trinajstić information content (AvgIpc) is 2.72. The monoisotopic (exact) mass is 449 g/mol. The van der Waals surface area contributed by atoms with Crippen molar-refractivity contribution in [2.75, 3.05) is 26.3 Å². The van der Waals surface area contributed by atoms with Crippen LogP contribution in [0.1, 0.15) is 44.5 Å². The van der Waals surface area contributed by atoms with E-state index in [1.165, 1.54) is 0 Å². The second-order valence-electron chi connectivity index (χ2n) is 8.27. The van der Waals surface area contributed by atoms with Gasteiger partial charge in [-0.1, -0.05) is 33.8 Å². The van der Waals surface area contributed by atoms with Gasteiger partial charge in [0, 0.05) is 18.7 Å². The Kier molecular flexibility index (Phi) is 9.23. The van der Waals surface area contributed by atoms with E-state index in [1.54, 1.807) is 29.2 Å². The molecule has 2 amide bonds. The number of benzene rings is 1. The fourth-order valence-corrected chi connectivity index (χ4v) is 3.18. The predicted octanol–water partition coefficient (Wildman–Crippen LogP) is 2.13. The molecule has 1 atom stereocenters. The summed E-state index contributed by atoms with van der Waals surface area (Å²) in [6.07, 6.45) is -0.146. The van der Waals surface area contributed by atoms with Crippen LogP contribution in [0.25, 0.3) is 0 Å². The number of esters is 1. The maximum atomic E-state index is 12.7. The molecule has 1 aromatic rings.